The van der Waals surface area contributed by atoms with E-state index in [0.717, 1.165) is 12.2 Å². The lowest BCUT2D eigenvalue weighted by molar-refractivity contribution is 0.247. The summed E-state index contributed by atoms with van der Waals surface area (Å²) >= 11 is 5.65. The number of aryl methyl sites for hydroxylation is 1. The molecule has 4 nitrogen and oxygen atoms in total. The van der Waals surface area contributed by atoms with Crippen LogP contribution in [0.1, 0.15) is 12.5 Å². The van der Waals surface area contributed by atoms with Crippen LogP contribution in [0.2, 0.25) is 5.02 Å². The first-order valence-corrected chi connectivity index (χ1v) is 7.68. The number of hydrogen-bond donors (Lipinski definition) is 2. The van der Waals surface area contributed by atoms with Gasteiger partial charge in [-0.05, 0) is 42.3 Å². The lowest BCUT2D eigenvalue weighted by atomic mass is 10.2. The van der Waals surface area contributed by atoms with Crippen molar-refractivity contribution in [2.45, 2.75) is 13.3 Å². The van der Waals surface area contributed by atoms with Gasteiger partial charge in [0.25, 0.3) is 0 Å². The lowest BCUT2D eigenvalue weighted by Crippen LogP contribution is -2.32. The molecule has 0 bridgehead atoms. The number of halogens is 2. The van der Waals surface area contributed by atoms with Crippen LogP contribution in [-0.4, -0.2) is 19.2 Å². The van der Waals surface area contributed by atoms with Crippen molar-refractivity contribution >= 4 is 23.3 Å². The summed E-state index contributed by atoms with van der Waals surface area (Å²) in [5.41, 5.74) is 1.62. The van der Waals surface area contributed by atoms with Crippen LogP contribution in [0, 0.1) is 5.82 Å². The van der Waals surface area contributed by atoms with E-state index < -0.39 is 11.8 Å². The number of benzene rings is 2. The predicted octanol–water partition coefficient (Wildman–Crippen LogP) is 4.24. The third-order valence-electron chi connectivity index (χ3n) is 3.14. The summed E-state index contributed by atoms with van der Waals surface area (Å²) in [5, 5.41) is 5.18. The molecule has 0 aliphatic carbocycles. The van der Waals surface area contributed by atoms with Crippen LogP contribution >= 0.6 is 11.6 Å². The van der Waals surface area contributed by atoms with Gasteiger partial charge >= 0.3 is 6.03 Å². The molecule has 0 unspecified atom stereocenters. The fourth-order valence-electron chi connectivity index (χ4n) is 1.94. The molecule has 2 N–H and O–H groups in total. The van der Waals surface area contributed by atoms with Gasteiger partial charge in [0.15, 0.2) is 0 Å². The highest BCUT2D eigenvalue weighted by Gasteiger charge is 2.04. The highest BCUT2D eigenvalue weighted by molar-refractivity contribution is 6.31. The number of carbonyl (C=O) groups is 1. The molecule has 2 aromatic carbocycles. The van der Waals surface area contributed by atoms with E-state index in [9.17, 15) is 9.18 Å². The Bertz CT molecular complexity index is 679. The normalized spacial score (nSPS) is 10.2. The Morgan fingerprint density at radius 1 is 1.26 bits per heavy atom. The molecule has 6 heteroatoms. The molecule has 2 amide bonds. The molecule has 0 aliphatic heterocycles. The number of rotatable bonds is 6. The molecule has 0 spiro atoms. The molecule has 0 saturated carbocycles. The largest absolute Gasteiger partial charge is 0.492 e. The van der Waals surface area contributed by atoms with Gasteiger partial charge in [0.05, 0.1) is 11.6 Å². The average molecular weight is 337 g/mol. The standard InChI is InChI=1S/C17H18ClFN2O2/c1-2-12-4-3-5-14(10-12)23-9-8-20-17(22)21-13-6-7-16(19)15(18)11-13/h3-7,10-11H,2,8-9H2,1H3,(H2,20,21,22). The van der Waals surface area contributed by atoms with E-state index in [-0.39, 0.29) is 5.02 Å². The van der Waals surface area contributed by atoms with Crippen LogP contribution in [-0.2, 0) is 6.42 Å². The van der Waals surface area contributed by atoms with Crippen LogP contribution in [0.3, 0.4) is 0 Å². The summed E-state index contributed by atoms with van der Waals surface area (Å²) in [4.78, 5) is 11.7. The van der Waals surface area contributed by atoms with E-state index in [1.807, 2.05) is 24.3 Å². The number of ether oxygens (including phenoxy) is 1. The summed E-state index contributed by atoms with van der Waals surface area (Å²) in [5.74, 6) is 0.247. The van der Waals surface area contributed by atoms with Gasteiger partial charge in [-0.2, -0.15) is 0 Å². The van der Waals surface area contributed by atoms with Gasteiger partial charge in [0.1, 0.15) is 18.2 Å². The van der Waals surface area contributed by atoms with Gasteiger partial charge in [-0.25, -0.2) is 9.18 Å². The molecular formula is C17H18ClFN2O2. The highest BCUT2D eigenvalue weighted by atomic mass is 35.5. The fraction of sp³-hybridized carbons (Fsp3) is 0.235. The SMILES string of the molecule is CCc1cccc(OCCNC(=O)Nc2ccc(F)c(Cl)c2)c1. The number of anilines is 1. The maximum atomic E-state index is 13.0. The Labute approximate surface area is 139 Å². The number of nitrogens with one attached hydrogen (secondary N) is 2. The molecule has 0 aliphatic rings. The van der Waals surface area contributed by atoms with Crippen molar-refractivity contribution in [3.63, 3.8) is 0 Å². The molecule has 0 fully saturated rings. The number of carbonyl (C=O) groups excluding carboxylic acids is 1. The van der Waals surface area contributed by atoms with Crippen LogP contribution in [0.15, 0.2) is 42.5 Å². The summed E-state index contributed by atoms with van der Waals surface area (Å²) in [7, 11) is 0. The van der Waals surface area contributed by atoms with E-state index in [1.54, 1.807) is 0 Å². The molecule has 0 aromatic heterocycles. The maximum Gasteiger partial charge on any atom is 0.319 e. The molecule has 122 valence electrons. The maximum absolute atomic E-state index is 13.0. The molecule has 0 radical (unpaired) electrons. The number of amides is 2. The number of urea groups is 1. The van der Waals surface area contributed by atoms with Crippen molar-refractivity contribution in [2.75, 3.05) is 18.5 Å². The second-order valence-corrected chi connectivity index (χ2v) is 5.27. The van der Waals surface area contributed by atoms with E-state index in [2.05, 4.69) is 17.6 Å². The minimum atomic E-state index is -0.527. The first-order valence-electron chi connectivity index (χ1n) is 7.30. The van der Waals surface area contributed by atoms with Crippen molar-refractivity contribution in [2.24, 2.45) is 0 Å². The van der Waals surface area contributed by atoms with Gasteiger partial charge in [0.2, 0.25) is 0 Å². The van der Waals surface area contributed by atoms with Crippen molar-refractivity contribution in [3.8, 4) is 5.75 Å². The monoisotopic (exact) mass is 336 g/mol. The Kier molecular flexibility index (Phi) is 6.23. The highest BCUT2D eigenvalue weighted by Crippen LogP contribution is 2.19. The molecule has 0 heterocycles. The van der Waals surface area contributed by atoms with E-state index >= 15 is 0 Å². The van der Waals surface area contributed by atoms with Crippen molar-refractivity contribution in [1.82, 2.24) is 5.32 Å². The summed E-state index contributed by atoms with van der Waals surface area (Å²) in [6.45, 7) is 2.77. The molecule has 0 saturated heterocycles. The second kappa shape index (κ2) is 8.39. The second-order valence-electron chi connectivity index (χ2n) is 4.86. The summed E-state index contributed by atoms with van der Waals surface area (Å²) in [6.07, 6.45) is 0.943. The minimum Gasteiger partial charge on any atom is -0.492 e. The van der Waals surface area contributed by atoms with Crippen LogP contribution in [0.5, 0.6) is 5.75 Å². The molecule has 2 rings (SSSR count). The summed E-state index contributed by atoms with van der Waals surface area (Å²) in [6, 6.07) is 11.4. The Morgan fingerprint density at radius 3 is 2.83 bits per heavy atom. The topological polar surface area (TPSA) is 50.4 Å². The smallest absolute Gasteiger partial charge is 0.319 e. The van der Waals surface area contributed by atoms with Gasteiger partial charge in [-0.15, -0.1) is 0 Å². The van der Waals surface area contributed by atoms with Crippen LogP contribution < -0.4 is 15.4 Å². The van der Waals surface area contributed by atoms with E-state index in [0.29, 0.717) is 18.8 Å². The number of hydrogen-bond acceptors (Lipinski definition) is 2. The Balaban J connectivity index is 1.73. The van der Waals surface area contributed by atoms with Gasteiger partial charge in [0, 0.05) is 5.69 Å². The van der Waals surface area contributed by atoms with E-state index in [1.165, 1.54) is 23.8 Å². The zero-order chi connectivity index (χ0) is 16.7. The zero-order valence-electron chi connectivity index (χ0n) is 12.7. The van der Waals surface area contributed by atoms with Crippen molar-refractivity contribution in [1.29, 1.82) is 0 Å². The van der Waals surface area contributed by atoms with Crippen LogP contribution in [0.4, 0.5) is 14.9 Å². The minimum absolute atomic E-state index is 0.0399. The van der Waals surface area contributed by atoms with Gasteiger partial charge in [-0.1, -0.05) is 30.7 Å². The predicted molar refractivity (Wildman–Crippen MR) is 89.7 cm³/mol. The van der Waals surface area contributed by atoms with E-state index in [4.69, 9.17) is 16.3 Å². The molecular weight excluding hydrogens is 319 g/mol. The summed E-state index contributed by atoms with van der Waals surface area (Å²) < 4.78 is 18.6. The zero-order valence-corrected chi connectivity index (χ0v) is 13.5. The van der Waals surface area contributed by atoms with Crippen molar-refractivity contribution in [3.05, 3.63) is 58.9 Å². The third kappa shape index (κ3) is 5.45. The van der Waals surface area contributed by atoms with Crippen LogP contribution in [0.25, 0.3) is 0 Å². The lowest BCUT2D eigenvalue weighted by Gasteiger charge is -2.10. The van der Waals surface area contributed by atoms with Gasteiger partial charge in [-0.3, -0.25) is 0 Å². The quantitative estimate of drug-likeness (QED) is 0.775. The Morgan fingerprint density at radius 2 is 2.09 bits per heavy atom. The molecule has 23 heavy (non-hydrogen) atoms. The Hall–Kier alpha value is -2.27. The van der Waals surface area contributed by atoms with Crippen molar-refractivity contribution < 1.29 is 13.9 Å². The first-order chi connectivity index (χ1) is 11.1. The molecule has 0 atom stereocenters. The molecule has 2 aromatic rings. The average Bonchev–Trinajstić information content (AvgIpc) is 2.55. The fourth-order valence-corrected chi connectivity index (χ4v) is 2.12. The third-order valence-corrected chi connectivity index (χ3v) is 3.43. The first kappa shape index (κ1) is 17.1. The van der Waals surface area contributed by atoms with Gasteiger partial charge < -0.3 is 15.4 Å².